The largest absolute Gasteiger partial charge is 0.395 e. The molecule has 0 aliphatic rings. The van der Waals surface area contributed by atoms with E-state index in [9.17, 15) is 4.79 Å². The Hall–Kier alpha value is -0.220. The SMILES string of the molecule is CSC(CO)C(N)=O. The molecule has 0 heterocycles. The Morgan fingerprint density at radius 3 is 2.50 bits per heavy atom. The molecule has 0 bridgehead atoms. The number of primary amides is 1. The first-order valence-electron chi connectivity index (χ1n) is 2.15. The fourth-order valence-corrected chi connectivity index (χ4v) is 0.662. The molecule has 0 saturated heterocycles. The monoisotopic (exact) mass is 135 g/mol. The molecule has 48 valence electrons. The first-order chi connectivity index (χ1) is 3.72. The van der Waals surface area contributed by atoms with Crippen LogP contribution in [0.2, 0.25) is 0 Å². The number of hydrogen-bond donors (Lipinski definition) is 2. The second-order valence-corrected chi connectivity index (χ2v) is 2.35. The van der Waals surface area contributed by atoms with Gasteiger partial charge in [0.1, 0.15) is 5.25 Å². The lowest BCUT2D eigenvalue weighted by atomic mass is 10.4. The summed E-state index contributed by atoms with van der Waals surface area (Å²) in [6, 6.07) is 0. The van der Waals surface area contributed by atoms with Gasteiger partial charge in [-0.3, -0.25) is 4.79 Å². The van der Waals surface area contributed by atoms with E-state index in [-0.39, 0.29) is 6.61 Å². The highest BCUT2D eigenvalue weighted by atomic mass is 32.2. The van der Waals surface area contributed by atoms with E-state index in [1.807, 2.05) is 0 Å². The van der Waals surface area contributed by atoms with Crippen molar-refractivity contribution in [3.63, 3.8) is 0 Å². The number of thioether (sulfide) groups is 1. The van der Waals surface area contributed by atoms with Crippen molar-refractivity contribution in [1.82, 2.24) is 0 Å². The predicted molar refractivity (Wildman–Crippen MR) is 33.6 cm³/mol. The first-order valence-corrected chi connectivity index (χ1v) is 3.44. The van der Waals surface area contributed by atoms with Crippen LogP contribution < -0.4 is 5.73 Å². The number of carbonyl (C=O) groups is 1. The van der Waals surface area contributed by atoms with Gasteiger partial charge < -0.3 is 10.8 Å². The maximum atomic E-state index is 10.2. The summed E-state index contributed by atoms with van der Waals surface area (Å²) in [5.74, 6) is -0.458. The molecule has 0 aromatic heterocycles. The molecule has 0 aliphatic carbocycles. The van der Waals surface area contributed by atoms with Gasteiger partial charge in [0.25, 0.3) is 0 Å². The van der Waals surface area contributed by atoms with Crippen molar-refractivity contribution in [2.75, 3.05) is 12.9 Å². The number of carbonyl (C=O) groups excluding carboxylic acids is 1. The van der Waals surface area contributed by atoms with Gasteiger partial charge >= 0.3 is 0 Å². The van der Waals surface area contributed by atoms with Crippen molar-refractivity contribution in [3.8, 4) is 0 Å². The number of aliphatic hydroxyl groups excluding tert-OH is 1. The van der Waals surface area contributed by atoms with Crippen LogP contribution in [0.25, 0.3) is 0 Å². The molecule has 8 heavy (non-hydrogen) atoms. The van der Waals surface area contributed by atoms with Crippen LogP contribution in [0.3, 0.4) is 0 Å². The Morgan fingerprint density at radius 1 is 2.00 bits per heavy atom. The van der Waals surface area contributed by atoms with Crippen LogP contribution in [-0.2, 0) is 4.79 Å². The lowest BCUT2D eigenvalue weighted by molar-refractivity contribution is -0.118. The normalized spacial score (nSPS) is 13.2. The lowest BCUT2D eigenvalue weighted by Gasteiger charge is -2.03. The zero-order chi connectivity index (χ0) is 6.57. The average molecular weight is 135 g/mol. The Kier molecular flexibility index (Phi) is 3.64. The summed E-state index contributed by atoms with van der Waals surface area (Å²) in [4.78, 5) is 10.2. The van der Waals surface area contributed by atoms with E-state index in [1.54, 1.807) is 6.26 Å². The molecule has 1 amide bonds. The minimum atomic E-state index is -0.458. The molecule has 0 aliphatic heterocycles. The Morgan fingerprint density at radius 2 is 2.50 bits per heavy atom. The molecule has 0 rings (SSSR count). The molecule has 0 fully saturated rings. The second kappa shape index (κ2) is 3.74. The van der Waals surface area contributed by atoms with E-state index in [4.69, 9.17) is 10.8 Å². The number of amides is 1. The van der Waals surface area contributed by atoms with Crippen molar-refractivity contribution in [3.05, 3.63) is 0 Å². The molecule has 0 aromatic rings. The van der Waals surface area contributed by atoms with Crippen LogP contribution in [0, 0.1) is 0 Å². The molecule has 3 nitrogen and oxygen atoms in total. The summed E-state index contributed by atoms with van der Waals surface area (Å²) < 4.78 is 0. The summed E-state index contributed by atoms with van der Waals surface area (Å²) in [5.41, 5.74) is 4.84. The van der Waals surface area contributed by atoms with Gasteiger partial charge in [-0.2, -0.15) is 0 Å². The fourth-order valence-electron chi connectivity index (χ4n) is 0.281. The van der Waals surface area contributed by atoms with Gasteiger partial charge in [0.05, 0.1) is 6.61 Å². The molecule has 0 saturated carbocycles. The van der Waals surface area contributed by atoms with E-state index in [0.29, 0.717) is 0 Å². The van der Waals surface area contributed by atoms with Crippen LogP contribution in [-0.4, -0.2) is 29.1 Å². The minimum Gasteiger partial charge on any atom is -0.395 e. The molecule has 3 N–H and O–H groups in total. The van der Waals surface area contributed by atoms with Crippen molar-refractivity contribution in [2.45, 2.75) is 5.25 Å². The smallest absolute Gasteiger partial charge is 0.232 e. The third-order valence-corrected chi connectivity index (χ3v) is 1.72. The number of aliphatic hydroxyl groups is 1. The summed E-state index contributed by atoms with van der Waals surface area (Å²) >= 11 is 1.25. The van der Waals surface area contributed by atoms with Gasteiger partial charge in [-0.1, -0.05) is 0 Å². The lowest BCUT2D eigenvalue weighted by Crippen LogP contribution is -2.28. The maximum Gasteiger partial charge on any atom is 0.232 e. The molecule has 0 radical (unpaired) electrons. The van der Waals surface area contributed by atoms with Crippen molar-refractivity contribution in [1.29, 1.82) is 0 Å². The van der Waals surface area contributed by atoms with Gasteiger partial charge in [0, 0.05) is 0 Å². The molecule has 0 spiro atoms. The summed E-state index contributed by atoms with van der Waals surface area (Å²) in [5, 5.41) is 7.94. The van der Waals surface area contributed by atoms with Gasteiger partial charge in [-0.15, -0.1) is 11.8 Å². The number of hydrogen-bond acceptors (Lipinski definition) is 3. The van der Waals surface area contributed by atoms with Crippen LogP contribution in [0.5, 0.6) is 0 Å². The van der Waals surface area contributed by atoms with Crippen LogP contribution in [0.4, 0.5) is 0 Å². The van der Waals surface area contributed by atoms with Crippen LogP contribution in [0.15, 0.2) is 0 Å². The van der Waals surface area contributed by atoms with E-state index in [1.165, 1.54) is 11.8 Å². The predicted octanol–water partition coefficient (Wildman–Crippen LogP) is -0.804. The zero-order valence-corrected chi connectivity index (χ0v) is 5.44. The summed E-state index contributed by atoms with van der Waals surface area (Å²) in [6.07, 6.45) is 1.73. The van der Waals surface area contributed by atoms with Crippen LogP contribution in [0.1, 0.15) is 0 Å². The summed E-state index contributed by atoms with van der Waals surface area (Å²) in [7, 11) is 0. The highest BCUT2D eigenvalue weighted by molar-refractivity contribution is 7.99. The van der Waals surface area contributed by atoms with Gasteiger partial charge in [0.15, 0.2) is 0 Å². The second-order valence-electron chi connectivity index (χ2n) is 1.31. The Bertz CT molecular complexity index is 82.1. The Balaban J connectivity index is 3.52. The van der Waals surface area contributed by atoms with Crippen molar-refractivity contribution in [2.24, 2.45) is 5.73 Å². The molecule has 1 unspecified atom stereocenters. The highest BCUT2D eigenvalue weighted by Crippen LogP contribution is 2.02. The quantitative estimate of drug-likeness (QED) is 0.532. The van der Waals surface area contributed by atoms with Gasteiger partial charge in [-0.25, -0.2) is 0 Å². The molecular weight excluding hydrogens is 126 g/mol. The van der Waals surface area contributed by atoms with E-state index in [0.717, 1.165) is 0 Å². The molecule has 1 atom stereocenters. The van der Waals surface area contributed by atoms with Crippen LogP contribution >= 0.6 is 11.8 Å². The minimum absolute atomic E-state index is 0.170. The fraction of sp³-hybridized carbons (Fsp3) is 0.750. The zero-order valence-electron chi connectivity index (χ0n) is 4.63. The number of rotatable bonds is 3. The molecular formula is C4H9NO2S. The molecule has 0 aromatic carbocycles. The average Bonchev–Trinajstić information content (AvgIpc) is 1.69. The first kappa shape index (κ1) is 7.78. The van der Waals surface area contributed by atoms with Crippen molar-refractivity contribution >= 4 is 17.7 Å². The standard InChI is InChI=1S/C4H9NO2S/c1-8-3(2-6)4(5)7/h3,6H,2H2,1H3,(H2,5,7). The van der Waals surface area contributed by atoms with E-state index < -0.39 is 11.2 Å². The Labute approximate surface area is 52.3 Å². The van der Waals surface area contributed by atoms with Gasteiger partial charge in [-0.05, 0) is 6.26 Å². The van der Waals surface area contributed by atoms with Gasteiger partial charge in [0.2, 0.25) is 5.91 Å². The van der Waals surface area contributed by atoms with E-state index in [2.05, 4.69) is 0 Å². The third kappa shape index (κ3) is 2.18. The third-order valence-electron chi connectivity index (χ3n) is 0.768. The number of nitrogens with two attached hydrogens (primary N) is 1. The highest BCUT2D eigenvalue weighted by Gasteiger charge is 2.10. The van der Waals surface area contributed by atoms with Crippen molar-refractivity contribution < 1.29 is 9.90 Å². The topological polar surface area (TPSA) is 63.3 Å². The molecule has 4 heteroatoms. The van der Waals surface area contributed by atoms with E-state index >= 15 is 0 Å². The maximum absolute atomic E-state index is 10.2. The summed E-state index contributed by atoms with van der Waals surface area (Å²) in [6.45, 7) is -0.170.